The van der Waals surface area contributed by atoms with E-state index in [1.54, 1.807) is 18.2 Å². The van der Waals surface area contributed by atoms with Gasteiger partial charge in [0.15, 0.2) is 27.0 Å². The molecule has 7 heteroatoms. The predicted octanol–water partition coefficient (Wildman–Crippen LogP) is 3.89. The number of benzene rings is 1. The number of hydrogen-bond acceptors (Lipinski definition) is 4. The van der Waals surface area contributed by atoms with Crippen molar-refractivity contribution in [1.29, 1.82) is 0 Å². The van der Waals surface area contributed by atoms with Crippen LogP contribution in [0.2, 0.25) is 0 Å². The van der Waals surface area contributed by atoms with Crippen LogP contribution in [-0.2, 0) is 9.84 Å². The highest BCUT2D eigenvalue weighted by molar-refractivity contribution is 7.92. The van der Waals surface area contributed by atoms with Crippen molar-refractivity contribution in [3.63, 3.8) is 0 Å². The molecule has 1 aromatic rings. The molecule has 0 aliphatic heterocycles. The van der Waals surface area contributed by atoms with Crippen molar-refractivity contribution in [3.8, 4) is 5.75 Å². The van der Waals surface area contributed by atoms with Crippen LogP contribution < -0.4 is 10.1 Å². The summed E-state index contributed by atoms with van der Waals surface area (Å²) in [6.07, 6.45) is 5.77. The minimum atomic E-state index is -3.07. The fraction of sp³-hybridized carbons (Fsp3) is 0.667. The van der Waals surface area contributed by atoms with Crippen LogP contribution in [0.1, 0.15) is 46.0 Å². The number of ether oxygens (including phenoxy) is 1. The molecular weight excluding hydrogens is 397 g/mol. The van der Waals surface area contributed by atoms with Gasteiger partial charge < -0.3 is 10.1 Å². The Kier molecular flexibility index (Phi) is 4.77. The van der Waals surface area contributed by atoms with Crippen molar-refractivity contribution in [1.82, 2.24) is 5.32 Å². The van der Waals surface area contributed by atoms with Crippen LogP contribution in [0.5, 0.6) is 5.75 Å². The van der Waals surface area contributed by atoms with Gasteiger partial charge in [0, 0.05) is 12.3 Å². The molecule has 1 N–H and O–H groups in total. The van der Waals surface area contributed by atoms with Gasteiger partial charge in [0.1, 0.15) is 4.99 Å². The predicted molar refractivity (Wildman–Crippen MR) is 112 cm³/mol. The number of rotatable bonds is 5. The molecule has 0 radical (unpaired) electrons. The maximum absolute atomic E-state index is 14.0. The van der Waals surface area contributed by atoms with Crippen LogP contribution in [0.25, 0.3) is 0 Å². The number of para-hydroxylation sites is 1. The molecular formula is C21H28FNO3S2. The second kappa shape index (κ2) is 6.66. The van der Waals surface area contributed by atoms with Gasteiger partial charge in [-0.1, -0.05) is 24.4 Å². The molecule has 0 aromatic heterocycles. The SMILES string of the molecule is CC(C)(Oc1ccccc1F)C(=S)NC1C2CC3CC1CC(S(C)(=O)=O)(C3)C2. The van der Waals surface area contributed by atoms with Gasteiger partial charge >= 0.3 is 0 Å². The van der Waals surface area contributed by atoms with Gasteiger partial charge in [-0.3, -0.25) is 0 Å². The molecule has 4 saturated carbocycles. The van der Waals surface area contributed by atoms with Crippen LogP contribution in [0.15, 0.2) is 24.3 Å². The van der Waals surface area contributed by atoms with E-state index < -0.39 is 26.0 Å². The third-order valence-corrected chi connectivity index (χ3v) is 9.73. The lowest BCUT2D eigenvalue weighted by Crippen LogP contribution is -2.65. The fourth-order valence-corrected chi connectivity index (χ4v) is 7.56. The summed E-state index contributed by atoms with van der Waals surface area (Å²) in [5, 5.41) is 3.50. The van der Waals surface area contributed by atoms with Gasteiger partial charge in [-0.15, -0.1) is 0 Å². The molecule has 4 bridgehead atoms. The summed E-state index contributed by atoms with van der Waals surface area (Å²) >= 11 is 5.66. The Morgan fingerprint density at radius 1 is 1.21 bits per heavy atom. The van der Waals surface area contributed by atoms with Crippen LogP contribution >= 0.6 is 12.2 Å². The van der Waals surface area contributed by atoms with Crippen molar-refractivity contribution in [3.05, 3.63) is 30.1 Å². The molecule has 154 valence electrons. The lowest BCUT2D eigenvalue weighted by Gasteiger charge is -2.59. The maximum Gasteiger partial charge on any atom is 0.165 e. The molecule has 4 nitrogen and oxygen atoms in total. The van der Waals surface area contributed by atoms with E-state index in [4.69, 9.17) is 17.0 Å². The van der Waals surface area contributed by atoms with Crippen molar-refractivity contribution in [2.75, 3.05) is 6.26 Å². The van der Waals surface area contributed by atoms with E-state index in [1.165, 1.54) is 12.3 Å². The first kappa shape index (κ1) is 20.1. The minimum Gasteiger partial charge on any atom is -0.478 e. The topological polar surface area (TPSA) is 55.4 Å². The summed E-state index contributed by atoms with van der Waals surface area (Å²) in [4.78, 5) is 0.543. The van der Waals surface area contributed by atoms with Gasteiger partial charge in [0.2, 0.25) is 0 Å². The van der Waals surface area contributed by atoms with E-state index >= 15 is 0 Å². The maximum atomic E-state index is 14.0. The molecule has 0 saturated heterocycles. The minimum absolute atomic E-state index is 0.169. The van der Waals surface area contributed by atoms with Crippen molar-refractivity contribution in [2.24, 2.45) is 17.8 Å². The molecule has 4 fully saturated rings. The Morgan fingerprint density at radius 3 is 2.39 bits per heavy atom. The highest BCUT2D eigenvalue weighted by atomic mass is 32.2. The lowest BCUT2D eigenvalue weighted by molar-refractivity contribution is 0.00495. The van der Waals surface area contributed by atoms with Crippen LogP contribution in [0.4, 0.5) is 4.39 Å². The second-order valence-electron chi connectivity index (χ2n) is 9.47. The zero-order valence-corrected chi connectivity index (χ0v) is 18.2. The standard InChI is InChI=1S/C21H28FNO3S2/c1-20(2,26-17-7-5-4-6-16(17)22)19(27)23-18-14-8-13-9-15(18)12-21(10-13,11-14)28(3,24)25/h4-7,13-15,18H,8-12H2,1-3H3,(H,23,27). The molecule has 2 unspecified atom stereocenters. The van der Waals surface area contributed by atoms with Gasteiger partial charge in [-0.2, -0.15) is 0 Å². The first-order valence-corrected chi connectivity index (χ1v) is 12.2. The summed E-state index contributed by atoms with van der Waals surface area (Å²) in [6.45, 7) is 3.67. The van der Waals surface area contributed by atoms with E-state index in [9.17, 15) is 12.8 Å². The van der Waals surface area contributed by atoms with Gasteiger partial charge in [-0.05, 0) is 75.8 Å². The van der Waals surface area contributed by atoms with Gasteiger partial charge in [0.05, 0.1) is 4.75 Å². The molecule has 0 heterocycles. The number of thiocarbonyl (C=S) groups is 1. The molecule has 4 aliphatic rings. The molecule has 2 atom stereocenters. The van der Waals surface area contributed by atoms with Crippen molar-refractivity contribution < 1.29 is 17.5 Å². The third-order valence-electron chi connectivity index (χ3n) is 7.05. The summed E-state index contributed by atoms with van der Waals surface area (Å²) in [7, 11) is -3.07. The van der Waals surface area contributed by atoms with E-state index in [1.807, 2.05) is 13.8 Å². The smallest absolute Gasteiger partial charge is 0.165 e. The highest BCUT2D eigenvalue weighted by Crippen LogP contribution is 2.58. The molecule has 5 rings (SSSR count). The molecule has 0 spiro atoms. The largest absolute Gasteiger partial charge is 0.478 e. The molecule has 28 heavy (non-hydrogen) atoms. The average molecular weight is 426 g/mol. The number of halogens is 1. The average Bonchev–Trinajstić information content (AvgIpc) is 2.58. The third kappa shape index (κ3) is 3.34. The number of sulfone groups is 1. The zero-order valence-electron chi connectivity index (χ0n) is 16.6. The normalized spacial score (nSPS) is 34.3. The van der Waals surface area contributed by atoms with E-state index in [0.717, 1.165) is 19.3 Å². The Morgan fingerprint density at radius 2 is 1.82 bits per heavy atom. The lowest BCUT2D eigenvalue weighted by atomic mass is 9.53. The summed E-state index contributed by atoms with van der Waals surface area (Å²) in [5.41, 5.74) is -0.860. The fourth-order valence-electron chi connectivity index (χ4n) is 5.81. The monoisotopic (exact) mass is 425 g/mol. The Hall–Kier alpha value is -1.21. The quantitative estimate of drug-likeness (QED) is 0.726. The summed E-state index contributed by atoms with van der Waals surface area (Å²) in [6, 6.07) is 6.48. The Labute approximate surface area is 172 Å². The zero-order chi connectivity index (χ0) is 20.3. The van der Waals surface area contributed by atoms with E-state index in [2.05, 4.69) is 5.32 Å². The summed E-state index contributed by atoms with van der Waals surface area (Å²) in [5.74, 6) is 0.883. The Balaban J connectivity index is 1.49. The van der Waals surface area contributed by atoms with Crippen molar-refractivity contribution >= 4 is 27.0 Å². The molecule has 0 amide bonds. The van der Waals surface area contributed by atoms with E-state index in [0.29, 0.717) is 35.6 Å². The van der Waals surface area contributed by atoms with Gasteiger partial charge in [0.25, 0.3) is 0 Å². The summed E-state index contributed by atoms with van der Waals surface area (Å²) < 4.78 is 44.3. The second-order valence-corrected chi connectivity index (χ2v) is 12.3. The number of hydrogen-bond donors (Lipinski definition) is 1. The first-order valence-electron chi connectivity index (χ1n) is 9.95. The first-order chi connectivity index (χ1) is 13.0. The van der Waals surface area contributed by atoms with Gasteiger partial charge in [-0.25, -0.2) is 12.8 Å². The van der Waals surface area contributed by atoms with Crippen LogP contribution in [-0.4, -0.2) is 36.1 Å². The van der Waals surface area contributed by atoms with Crippen molar-refractivity contribution in [2.45, 2.75) is 62.3 Å². The molecule has 4 aliphatic carbocycles. The Bertz CT molecular complexity index is 883. The van der Waals surface area contributed by atoms with E-state index in [-0.39, 0.29) is 11.8 Å². The van der Waals surface area contributed by atoms with Crippen LogP contribution in [0.3, 0.4) is 0 Å². The highest BCUT2D eigenvalue weighted by Gasteiger charge is 2.59. The number of nitrogens with one attached hydrogen (secondary N) is 1. The molecule has 1 aromatic carbocycles. The van der Waals surface area contributed by atoms with Crippen LogP contribution in [0, 0.1) is 23.6 Å².